The summed E-state index contributed by atoms with van der Waals surface area (Å²) in [5.41, 5.74) is 6.94. The van der Waals surface area contributed by atoms with Gasteiger partial charge in [-0.2, -0.15) is 0 Å². The van der Waals surface area contributed by atoms with Gasteiger partial charge in [-0.05, 0) is 50.2 Å². The molecule has 1 aromatic rings. The van der Waals surface area contributed by atoms with Gasteiger partial charge in [0.05, 0.1) is 19.6 Å². The lowest BCUT2D eigenvalue weighted by Crippen LogP contribution is -2.48. The van der Waals surface area contributed by atoms with Gasteiger partial charge < -0.3 is 20.7 Å². The van der Waals surface area contributed by atoms with Crippen molar-refractivity contribution >= 4 is 17.5 Å². The van der Waals surface area contributed by atoms with Crippen molar-refractivity contribution in [1.29, 1.82) is 0 Å². The molecule has 25 heavy (non-hydrogen) atoms. The normalized spacial score (nSPS) is 27.2. The van der Waals surface area contributed by atoms with Crippen LogP contribution in [0.4, 0.5) is 5.69 Å². The molecule has 0 aliphatic heterocycles. The highest BCUT2D eigenvalue weighted by molar-refractivity contribution is 5.95. The lowest BCUT2D eigenvalue weighted by Gasteiger charge is -2.32. The highest BCUT2D eigenvalue weighted by Gasteiger charge is 2.50. The van der Waals surface area contributed by atoms with Gasteiger partial charge in [-0.15, -0.1) is 0 Å². The van der Waals surface area contributed by atoms with Gasteiger partial charge in [0.1, 0.15) is 5.75 Å². The van der Waals surface area contributed by atoms with Gasteiger partial charge in [0.15, 0.2) is 0 Å². The van der Waals surface area contributed by atoms with E-state index in [2.05, 4.69) is 5.32 Å². The third kappa shape index (κ3) is 3.63. The number of carbonyl (C=O) groups excluding carboxylic acids is 2. The molecule has 6 heteroatoms. The number of carbonyl (C=O) groups is 2. The van der Waals surface area contributed by atoms with Crippen LogP contribution in [0.1, 0.15) is 26.2 Å². The van der Waals surface area contributed by atoms with Gasteiger partial charge in [0.2, 0.25) is 11.8 Å². The maximum absolute atomic E-state index is 12.9. The van der Waals surface area contributed by atoms with Crippen LogP contribution in [0.15, 0.2) is 24.3 Å². The number of ether oxygens (including phenoxy) is 1. The minimum Gasteiger partial charge on any atom is -0.497 e. The first-order valence-electron chi connectivity index (χ1n) is 9.01. The van der Waals surface area contributed by atoms with E-state index < -0.39 is 0 Å². The maximum Gasteiger partial charge on any atom is 0.243 e. The van der Waals surface area contributed by atoms with Crippen molar-refractivity contribution in [3.63, 3.8) is 0 Å². The van der Waals surface area contributed by atoms with Crippen LogP contribution in [0.5, 0.6) is 5.75 Å². The fourth-order valence-corrected chi connectivity index (χ4v) is 4.33. The molecule has 0 aromatic heterocycles. The Bertz CT molecular complexity index is 647. The molecular formula is C19H27N3O3. The van der Waals surface area contributed by atoms with Gasteiger partial charge in [0, 0.05) is 24.3 Å². The van der Waals surface area contributed by atoms with E-state index in [1.165, 1.54) is 0 Å². The molecule has 136 valence electrons. The van der Waals surface area contributed by atoms with Crippen LogP contribution in [0, 0.1) is 17.8 Å². The lowest BCUT2D eigenvalue weighted by atomic mass is 9.84. The number of hydrogen-bond acceptors (Lipinski definition) is 4. The molecule has 2 aliphatic carbocycles. The average Bonchev–Trinajstić information content (AvgIpc) is 3.20. The van der Waals surface area contributed by atoms with Crippen molar-refractivity contribution in [2.24, 2.45) is 23.5 Å². The van der Waals surface area contributed by atoms with Gasteiger partial charge in [-0.1, -0.05) is 6.07 Å². The number of hydrogen-bond donors (Lipinski definition) is 2. The second kappa shape index (κ2) is 7.44. The number of nitrogens with two attached hydrogens (primary N) is 1. The highest BCUT2D eigenvalue weighted by Crippen LogP contribution is 2.48. The van der Waals surface area contributed by atoms with Crippen LogP contribution < -0.4 is 15.8 Å². The number of benzene rings is 1. The fraction of sp³-hybridized carbons (Fsp3) is 0.579. The maximum atomic E-state index is 12.9. The third-order valence-electron chi connectivity index (χ3n) is 5.65. The highest BCUT2D eigenvalue weighted by atomic mass is 16.5. The standard InChI is InChI=1S/C19H27N3O3/c1-3-22(19(24)17-12-7-8-13(9-12)18(17)20)11-16(23)21-14-5-4-6-15(10-14)25-2/h4-6,10,12-13,17-18H,3,7-9,11,20H2,1-2H3,(H,21,23). The van der Waals surface area contributed by atoms with Crippen LogP contribution in [-0.4, -0.2) is 43.0 Å². The smallest absolute Gasteiger partial charge is 0.243 e. The summed E-state index contributed by atoms with van der Waals surface area (Å²) in [4.78, 5) is 26.9. The van der Waals surface area contributed by atoms with E-state index in [-0.39, 0.29) is 30.3 Å². The Morgan fingerprint density at radius 2 is 2.08 bits per heavy atom. The van der Waals surface area contributed by atoms with E-state index >= 15 is 0 Å². The lowest BCUT2D eigenvalue weighted by molar-refractivity contribution is -0.140. The van der Waals surface area contributed by atoms with E-state index in [0.717, 1.165) is 19.3 Å². The summed E-state index contributed by atoms with van der Waals surface area (Å²) in [6, 6.07) is 7.12. The van der Waals surface area contributed by atoms with Crippen LogP contribution in [0.25, 0.3) is 0 Å². The van der Waals surface area contributed by atoms with E-state index in [1.54, 1.807) is 24.1 Å². The molecular weight excluding hydrogens is 318 g/mol. The summed E-state index contributed by atoms with van der Waals surface area (Å²) in [6.07, 6.45) is 3.28. The van der Waals surface area contributed by atoms with Crippen LogP contribution in [0.3, 0.4) is 0 Å². The first kappa shape index (κ1) is 17.7. The third-order valence-corrected chi connectivity index (χ3v) is 5.65. The van der Waals surface area contributed by atoms with Gasteiger partial charge in [-0.25, -0.2) is 0 Å². The molecule has 3 N–H and O–H groups in total. The quantitative estimate of drug-likeness (QED) is 0.824. The molecule has 6 nitrogen and oxygen atoms in total. The fourth-order valence-electron chi connectivity index (χ4n) is 4.33. The summed E-state index contributed by atoms with van der Waals surface area (Å²) in [5.74, 6) is 1.24. The predicted octanol–water partition coefficient (Wildman–Crippen LogP) is 1.86. The largest absolute Gasteiger partial charge is 0.497 e. The number of anilines is 1. The summed E-state index contributed by atoms with van der Waals surface area (Å²) >= 11 is 0. The van der Waals surface area contributed by atoms with Crippen molar-refractivity contribution in [2.75, 3.05) is 25.5 Å². The van der Waals surface area contributed by atoms with Crippen molar-refractivity contribution < 1.29 is 14.3 Å². The molecule has 0 heterocycles. The molecule has 1 aromatic carbocycles. The molecule has 0 spiro atoms. The molecule has 2 fully saturated rings. The second-order valence-electron chi connectivity index (χ2n) is 7.07. The Morgan fingerprint density at radius 1 is 1.32 bits per heavy atom. The number of methoxy groups -OCH3 is 1. The molecule has 3 rings (SSSR count). The molecule has 4 unspecified atom stereocenters. The summed E-state index contributed by atoms with van der Waals surface area (Å²) < 4.78 is 5.15. The van der Waals surface area contributed by atoms with Gasteiger partial charge in [0.25, 0.3) is 0 Å². The monoisotopic (exact) mass is 345 g/mol. The number of amides is 2. The number of nitrogens with zero attached hydrogens (tertiary/aromatic N) is 1. The molecule has 0 radical (unpaired) electrons. The van der Waals surface area contributed by atoms with E-state index in [4.69, 9.17) is 10.5 Å². The zero-order valence-electron chi connectivity index (χ0n) is 14.9. The molecule has 2 saturated carbocycles. The molecule has 2 aliphatic rings. The van der Waals surface area contributed by atoms with Gasteiger partial charge in [-0.3, -0.25) is 9.59 Å². The van der Waals surface area contributed by atoms with Crippen LogP contribution in [-0.2, 0) is 9.59 Å². The number of fused-ring (bicyclic) bond motifs is 2. The minimum absolute atomic E-state index is 0.0305. The minimum atomic E-state index is -0.208. The number of nitrogens with one attached hydrogen (secondary N) is 1. The zero-order valence-corrected chi connectivity index (χ0v) is 14.9. The topological polar surface area (TPSA) is 84.7 Å². The summed E-state index contributed by atoms with van der Waals surface area (Å²) in [7, 11) is 1.58. The Hall–Kier alpha value is -2.08. The zero-order chi connectivity index (χ0) is 18.0. The van der Waals surface area contributed by atoms with E-state index in [1.807, 2.05) is 19.1 Å². The Kier molecular flexibility index (Phi) is 5.27. The van der Waals surface area contributed by atoms with Crippen LogP contribution >= 0.6 is 0 Å². The molecule has 4 atom stereocenters. The predicted molar refractivity (Wildman–Crippen MR) is 96.2 cm³/mol. The van der Waals surface area contributed by atoms with E-state index in [0.29, 0.717) is 29.8 Å². The van der Waals surface area contributed by atoms with Crippen molar-refractivity contribution in [3.8, 4) is 5.75 Å². The van der Waals surface area contributed by atoms with E-state index in [9.17, 15) is 9.59 Å². The molecule has 2 amide bonds. The number of rotatable bonds is 6. The van der Waals surface area contributed by atoms with Crippen molar-refractivity contribution in [3.05, 3.63) is 24.3 Å². The Labute approximate surface area is 148 Å². The van der Waals surface area contributed by atoms with Crippen LogP contribution in [0.2, 0.25) is 0 Å². The Balaban J connectivity index is 1.61. The summed E-state index contributed by atoms with van der Waals surface area (Å²) in [5, 5.41) is 2.83. The van der Waals surface area contributed by atoms with Gasteiger partial charge >= 0.3 is 0 Å². The van der Waals surface area contributed by atoms with Crippen molar-refractivity contribution in [2.45, 2.75) is 32.2 Å². The Morgan fingerprint density at radius 3 is 2.72 bits per heavy atom. The first-order valence-corrected chi connectivity index (χ1v) is 9.01. The summed E-state index contributed by atoms with van der Waals surface area (Å²) in [6.45, 7) is 2.45. The SMILES string of the molecule is CCN(CC(=O)Nc1cccc(OC)c1)C(=O)C1C2CCC(C2)C1N. The first-order chi connectivity index (χ1) is 12.0. The molecule has 2 bridgehead atoms. The number of likely N-dealkylation sites (N-methyl/N-ethyl adjacent to an activating group) is 1. The second-order valence-corrected chi connectivity index (χ2v) is 7.07. The van der Waals surface area contributed by atoms with Crippen molar-refractivity contribution in [1.82, 2.24) is 4.90 Å². The average molecular weight is 345 g/mol. The molecule has 0 saturated heterocycles.